The second-order valence-corrected chi connectivity index (χ2v) is 5.15. The predicted molar refractivity (Wildman–Crippen MR) is 74.4 cm³/mol. The molecule has 106 valence electrons. The number of carbonyl (C=O) groups is 1. The van der Waals surface area contributed by atoms with Gasteiger partial charge in [-0.25, -0.2) is 4.79 Å². The average molecular weight is 274 g/mol. The standard InChI is InChI=1S/C14H18N4O2/c1-10-9-13(16-20-10)15-14(19)18-8-4-6-12(18)11-5-3-7-17(11)2/h3,5,7,9,12H,4,6,8H2,1-2H3,(H,15,16,19). The van der Waals surface area contributed by atoms with Crippen LogP contribution in [-0.2, 0) is 7.05 Å². The van der Waals surface area contributed by atoms with E-state index in [1.807, 2.05) is 24.2 Å². The van der Waals surface area contributed by atoms with Crippen molar-refractivity contribution in [1.29, 1.82) is 0 Å². The second-order valence-electron chi connectivity index (χ2n) is 5.15. The molecule has 0 aromatic carbocycles. The third-order valence-corrected chi connectivity index (χ3v) is 3.70. The molecular weight excluding hydrogens is 256 g/mol. The molecule has 0 bridgehead atoms. The molecule has 0 saturated carbocycles. The van der Waals surface area contributed by atoms with Crippen LogP contribution in [0.1, 0.15) is 30.3 Å². The van der Waals surface area contributed by atoms with Crippen molar-refractivity contribution in [2.24, 2.45) is 7.05 Å². The molecule has 2 aromatic rings. The minimum atomic E-state index is -0.123. The number of anilines is 1. The van der Waals surface area contributed by atoms with Gasteiger partial charge in [0.15, 0.2) is 5.82 Å². The number of urea groups is 1. The van der Waals surface area contributed by atoms with Crippen molar-refractivity contribution in [2.75, 3.05) is 11.9 Å². The van der Waals surface area contributed by atoms with E-state index >= 15 is 0 Å². The summed E-state index contributed by atoms with van der Waals surface area (Å²) in [5.74, 6) is 1.14. The first kappa shape index (κ1) is 12.8. The predicted octanol–water partition coefficient (Wildman–Crippen LogP) is 2.69. The molecular formula is C14H18N4O2. The summed E-state index contributed by atoms with van der Waals surface area (Å²) in [6.45, 7) is 2.56. The number of nitrogens with one attached hydrogen (secondary N) is 1. The minimum absolute atomic E-state index is 0.123. The van der Waals surface area contributed by atoms with E-state index in [-0.39, 0.29) is 12.1 Å². The molecule has 1 N–H and O–H groups in total. The van der Waals surface area contributed by atoms with Gasteiger partial charge in [0.2, 0.25) is 0 Å². The smallest absolute Gasteiger partial charge is 0.323 e. The number of hydrogen-bond acceptors (Lipinski definition) is 3. The van der Waals surface area contributed by atoms with Crippen LogP contribution in [0.15, 0.2) is 28.9 Å². The summed E-state index contributed by atoms with van der Waals surface area (Å²) in [4.78, 5) is 14.2. The topological polar surface area (TPSA) is 63.3 Å². The summed E-state index contributed by atoms with van der Waals surface area (Å²) in [6.07, 6.45) is 4.01. The van der Waals surface area contributed by atoms with Crippen LogP contribution in [0.4, 0.5) is 10.6 Å². The summed E-state index contributed by atoms with van der Waals surface area (Å²) in [7, 11) is 2.00. The van der Waals surface area contributed by atoms with Gasteiger partial charge in [-0.15, -0.1) is 0 Å². The third kappa shape index (κ3) is 2.29. The lowest BCUT2D eigenvalue weighted by molar-refractivity contribution is 0.205. The SMILES string of the molecule is Cc1cc(NC(=O)N2CCCC2c2cccn2C)no1. The average Bonchev–Trinajstić information content (AvgIpc) is 3.10. The minimum Gasteiger partial charge on any atom is -0.360 e. The fraction of sp³-hybridized carbons (Fsp3) is 0.429. The second kappa shape index (κ2) is 5.03. The number of aryl methyl sites for hydroxylation is 2. The highest BCUT2D eigenvalue weighted by Gasteiger charge is 2.31. The lowest BCUT2D eigenvalue weighted by atomic mass is 10.1. The highest BCUT2D eigenvalue weighted by atomic mass is 16.5. The van der Waals surface area contributed by atoms with Gasteiger partial charge in [-0.05, 0) is 31.9 Å². The number of rotatable bonds is 2. The molecule has 1 atom stereocenters. The maximum absolute atomic E-state index is 12.4. The van der Waals surface area contributed by atoms with E-state index in [2.05, 4.69) is 21.1 Å². The summed E-state index contributed by atoms with van der Waals surface area (Å²) in [5, 5.41) is 6.58. The zero-order valence-corrected chi connectivity index (χ0v) is 11.7. The Hall–Kier alpha value is -2.24. The number of likely N-dealkylation sites (tertiary alicyclic amines) is 1. The fourth-order valence-corrected chi connectivity index (χ4v) is 2.74. The van der Waals surface area contributed by atoms with E-state index in [0.29, 0.717) is 11.6 Å². The first-order valence-corrected chi connectivity index (χ1v) is 6.77. The van der Waals surface area contributed by atoms with Crippen molar-refractivity contribution in [2.45, 2.75) is 25.8 Å². The van der Waals surface area contributed by atoms with Gasteiger partial charge in [-0.1, -0.05) is 5.16 Å². The van der Waals surface area contributed by atoms with Gasteiger partial charge in [-0.2, -0.15) is 0 Å². The highest BCUT2D eigenvalue weighted by molar-refractivity contribution is 5.88. The molecule has 3 heterocycles. The number of carbonyl (C=O) groups excluding carboxylic acids is 1. The van der Waals surface area contributed by atoms with E-state index in [1.165, 1.54) is 0 Å². The Labute approximate surface area is 117 Å². The van der Waals surface area contributed by atoms with Crippen LogP contribution in [0.2, 0.25) is 0 Å². The van der Waals surface area contributed by atoms with Gasteiger partial charge >= 0.3 is 6.03 Å². The molecule has 1 aliphatic rings. The zero-order chi connectivity index (χ0) is 14.1. The Kier molecular flexibility index (Phi) is 3.22. The Morgan fingerprint density at radius 3 is 3.05 bits per heavy atom. The van der Waals surface area contributed by atoms with Gasteiger partial charge < -0.3 is 14.0 Å². The lowest BCUT2D eigenvalue weighted by Gasteiger charge is -2.25. The molecule has 2 aromatic heterocycles. The molecule has 1 aliphatic heterocycles. The normalized spacial score (nSPS) is 18.5. The van der Waals surface area contributed by atoms with Crippen molar-refractivity contribution < 1.29 is 9.32 Å². The first-order chi connectivity index (χ1) is 9.65. The van der Waals surface area contributed by atoms with Crippen LogP contribution in [0, 0.1) is 6.92 Å². The third-order valence-electron chi connectivity index (χ3n) is 3.70. The molecule has 6 heteroatoms. The van der Waals surface area contributed by atoms with E-state index in [9.17, 15) is 4.79 Å². The van der Waals surface area contributed by atoms with Crippen molar-refractivity contribution in [1.82, 2.24) is 14.6 Å². The maximum atomic E-state index is 12.4. The van der Waals surface area contributed by atoms with Crippen LogP contribution >= 0.6 is 0 Å². The van der Waals surface area contributed by atoms with Crippen molar-refractivity contribution in [3.05, 3.63) is 35.9 Å². The van der Waals surface area contributed by atoms with Crippen LogP contribution in [0.5, 0.6) is 0 Å². The molecule has 1 unspecified atom stereocenters. The van der Waals surface area contributed by atoms with Gasteiger partial charge in [0.05, 0.1) is 6.04 Å². The summed E-state index contributed by atoms with van der Waals surface area (Å²) < 4.78 is 7.02. The van der Waals surface area contributed by atoms with Gasteiger partial charge in [0.1, 0.15) is 5.76 Å². The molecule has 1 saturated heterocycles. The summed E-state index contributed by atoms with van der Waals surface area (Å²) in [5.41, 5.74) is 1.16. The molecule has 20 heavy (non-hydrogen) atoms. The fourth-order valence-electron chi connectivity index (χ4n) is 2.74. The van der Waals surface area contributed by atoms with Crippen molar-refractivity contribution in [3.63, 3.8) is 0 Å². The quantitative estimate of drug-likeness (QED) is 0.915. The lowest BCUT2D eigenvalue weighted by Crippen LogP contribution is -2.35. The van der Waals surface area contributed by atoms with Crippen molar-refractivity contribution >= 4 is 11.8 Å². The van der Waals surface area contributed by atoms with E-state index < -0.39 is 0 Å². The molecule has 0 aliphatic carbocycles. The van der Waals surface area contributed by atoms with E-state index in [4.69, 9.17) is 4.52 Å². The zero-order valence-electron chi connectivity index (χ0n) is 11.7. The number of amides is 2. The summed E-state index contributed by atoms with van der Waals surface area (Å²) in [6, 6.07) is 5.79. The van der Waals surface area contributed by atoms with Crippen LogP contribution in [-0.4, -0.2) is 27.2 Å². The first-order valence-electron chi connectivity index (χ1n) is 6.77. The molecule has 2 amide bonds. The monoisotopic (exact) mass is 274 g/mol. The molecule has 1 fully saturated rings. The van der Waals surface area contributed by atoms with Gasteiger partial charge in [0.25, 0.3) is 0 Å². The molecule has 3 rings (SSSR count). The van der Waals surface area contributed by atoms with Crippen LogP contribution in [0.25, 0.3) is 0 Å². The van der Waals surface area contributed by atoms with Crippen LogP contribution in [0.3, 0.4) is 0 Å². The maximum Gasteiger partial charge on any atom is 0.323 e. The highest BCUT2D eigenvalue weighted by Crippen LogP contribution is 2.32. The number of hydrogen-bond donors (Lipinski definition) is 1. The summed E-state index contributed by atoms with van der Waals surface area (Å²) >= 11 is 0. The van der Waals surface area contributed by atoms with Gasteiger partial charge in [-0.3, -0.25) is 5.32 Å². The van der Waals surface area contributed by atoms with Crippen LogP contribution < -0.4 is 5.32 Å². The Balaban J connectivity index is 1.75. The van der Waals surface area contributed by atoms with E-state index in [0.717, 1.165) is 25.1 Å². The Morgan fingerprint density at radius 1 is 1.55 bits per heavy atom. The molecule has 6 nitrogen and oxygen atoms in total. The molecule has 0 radical (unpaired) electrons. The number of aromatic nitrogens is 2. The molecule has 0 spiro atoms. The van der Waals surface area contributed by atoms with Crippen molar-refractivity contribution in [3.8, 4) is 0 Å². The largest absolute Gasteiger partial charge is 0.360 e. The Morgan fingerprint density at radius 2 is 2.40 bits per heavy atom. The van der Waals surface area contributed by atoms with Gasteiger partial charge in [0, 0.05) is 31.5 Å². The Bertz CT molecular complexity index is 616. The van der Waals surface area contributed by atoms with E-state index in [1.54, 1.807) is 13.0 Å². The number of nitrogens with zero attached hydrogens (tertiary/aromatic N) is 3.